The summed E-state index contributed by atoms with van der Waals surface area (Å²) in [5.41, 5.74) is 0.929. The zero-order chi connectivity index (χ0) is 14.5. The molecule has 0 aliphatic heterocycles. The Bertz CT molecular complexity index is 589. The van der Waals surface area contributed by atoms with Crippen LogP contribution in [0.25, 0.3) is 0 Å². The summed E-state index contributed by atoms with van der Waals surface area (Å²) in [7, 11) is 1.95. The Morgan fingerprint density at radius 1 is 1.25 bits per heavy atom. The first-order valence-corrected chi connectivity index (χ1v) is 6.57. The minimum Gasteiger partial charge on any atom is -0.436 e. The lowest BCUT2D eigenvalue weighted by Gasteiger charge is -2.17. The molecule has 0 saturated heterocycles. The van der Waals surface area contributed by atoms with E-state index in [9.17, 15) is 4.39 Å². The monoisotopic (exact) mass is 275 g/mol. The van der Waals surface area contributed by atoms with Crippen LogP contribution in [0.1, 0.15) is 18.9 Å². The molecule has 2 aromatic rings. The van der Waals surface area contributed by atoms with Gasteiger partial charge >= 0.3 is 0 Å². The highest BCUT2D eigenvalue weighted by Crippen LogP contribution is 2.25. The lowest BCUT2D eigenvalue weighted by atomic mass is 10.2. The van der Waals surface area contributed by atoms with Gasteiger partial charge in [0.1, 0.15) is 12.1 Å². The summed E-state index contributed by atoms with van der Waals surface area (Å²) in [4.78, 5) is 10.2. The van der Waals surface area contributed by atoms with Crippen molar-refractivity contribution in [3.8, 4) is 11.6 Å². The quantitative estimate of drug-likeness (QED) is 0.836. The Morgan fingerprint density at radius 3 is 2.80 bits per heavy atom. The molecule has 0 spiro atoms. The summed E-state index contributed by atoms with van der Waals surface area (Å²) in [5, 5.41) is 0. The van der Waals surface area contributed by atoms with Gasteiger partial charge < -0.3 is 9.64 Å². The summed E-state index contributed by atoms with van der Waals surface area (Å²) in [6.45, 7) is 4.86. The molecule has 0 saturated carbocycles. The Balaban J connectivity index is 2.21. The Morgan fingerprint density at radius 2 is 2.05 bits per heavy atom. The van der Waals surface area contributed by atoms with Crippen LogP contribution in [-0.4, -0.2) is 23.6 Å². The lowest BCUT2D eigenvalue weighted by molar-refractivity contribution is 0.426. The average Bonchev–Trinajstić information content (AvgIpc) is 2.43. The van der Waals surface area contributed by atoms with Crippen LogP contribution >= 0.6 is 0 Å². The van der Waals surface area contributed by atoms with Crippen LogP contribution in [0.5, 0.6) is 11.6 Å². The molecule has 0 radical (unpaired) electrons. The SMILES string of the molecule is CCCN(C)c1cc(Oc2cc(C)ccc2F)ncn1. The molecule has 0 N–H and O–H groups in total. The first-order valence-electron chi connectivity index (χ1n) is 6.57. The zero-order valence-electron chi connectivity index (χ0n) is 11.9. The summed E-state index contributed by atoms with van der Waals surface area (Å²) in [6, 6.07) is 6.43. The molecule has 1 aromatic heterocycles. The highest BCUT2D eigenvalue weighted by molar-refractivity contribution is 5.41. The van der Waals surface area contributed by atoms with Gasteiger partial charge in [0.15, 0.2) is 11.6 Å². The first-order chi connectivity index (χ1) is 9.60. The van der Waals surface area contributed by atoms with Crippen LogP contribution in [0.2, 0.25) is 0 Å². The second-order valence-electron chi connectivity index (χ2n) is 4.67. The maximum atomic E-state index is 13.7. The summed E-state index contributed by atoms with van der Waals surface area (Å²) in [6.07, 6.45) is 2.44. The molecule has 1 aromatic carbocycles. The zero-order valence-corrected chi connectivity index (χ0v) is 11.9. The Labute approximate surface area is 118 Å². The van der Waals surface area contributed by atoms with E-state index in [2.05, 4.69) is 16.9 Å². The molecule has 0 atom stereocenters. The molecular weight excluding hydrogens is 257 g/mol. The number of benzene rings is 1. The van der Waals surface area contributed by atoms with Gasteiger partial charge in [-0.1, -0.05) is 13.0 Å². The molecule has 20 heavy (non-hydrogen) atoms. The van der Waals surface area contributed by atoms with Gasteiger partial charge in [0.05, 0.1) is 0 Å². The molecule has 0 fully saturated rings. The van der Waals surface area contributed by atoms with Crippen LogP contribution in [0, 0.1) is 12.7 Å². The fourth-order valence-electron chi connectivity index (χ4n) is 1.85. The number of ether oxygens (including phenoxy) is 1. The maximum Gasteiger partial charge on any atom is 0.224 e. The molecule has 106 valence electrons. The average molecular weight is 275 g/mol. The van der Waals surface area contributed by atoms with Gasteiger partial charge in [-0.05, 0) is 31.0 Å². The number of rotatable bonds is 5. The van der Waals surface area contributed by atoms with Gasteiger partial charge in [-0.3, -0.25) is 0 Å². The summed E-state index contributed by atoms with van der Waals surface area (Å²) < 4.78 is 19.2. The third-order valence-corrected chi connectivity index (χ3v) is 2.88. The van der Waals surface area contributed by atoms with Crippen molar-refractivity contribution < 1.29 is 9.13 Å². The predicted octanol–water partition coefficient (Wildman–Crippen LogP) is 3.56. The molecule has 0 bridgehead atoms. The smallest absolute Gasteiger partial charge is 0.224 e. The van der Waals surface area contributed by atoms with Gasteiger partial charge in [-0.25, -0.2) is 14.4 Å². The number of hydrogen-bond donors (Lipinski definition) is 0. The van der Waals surface area contributed by atoms with Crippen molar-refractivity contribution in [2.75, 3.05) is 18.5 Å². The van der Waals surface area contributed by atoms with Crippen LogP contribution in [-0.2, 0) is 0 Å². The topological polar surface area (TPSA) is 38.2 Å². The number of hydrogen-bond acceptors (Lipinski definition) is 4. The van der Waals surface area contributed by atoms with Crippen molar-refractivity contribution in [1.82, 2.24) is 9.97 Å². The van der Waals surface area contributed by atoms with Crippen LogP contribution in [0.15, 0.2) is 30.6 Å². The molecule has 0 amide bonds. The summed E-state index contributed by atoms with van der Waals surface area (Å²) >= 11 is 0. The number of anilines is 1. The minimum absolute atomic E-state index is 0.174. The molecule has 5 heteroatoms. The highest BCUT2D eigenvalue weighted by Gasteiger charge is 2.08. The number of aryl methyl sites for hydroxylation is 1. The normalized spacial score (nSPS) is 10.4. The van der Waals surface area contributed by atoms with Crippen molar-refractivity contribution in [3.05, 3.63) is 42.0 Å². The van der Waals surface area contributed by atoms with Crippen LogP contribution in [0.3, 0.4) is 0 Å². The molecule has 2 rings (SSSR count). The Hall–Kier alpha value is -2.17. The molecule has 4 nitrogen and oxygen atoms in total. The second-order valence-corrected chi connectivity index (χ2v) is 4.67. The van der Waals surface area contributed by atoms with Gasteiger partial charge in [-0.15, -0.1) is 0 Å². The van der Waals surface area contributed by atoms with Crippen LogP contribution in [0.4, 0.5) is 10.2 Å². The molecule has 0 aliphatic carbocycles. The van der Waals surface area contributed by atoms with Gasteiger partial charge in [0.2, 0.25) is 5.88 Å². The second kappa shape index (κ2) is 6.32. The lowest BCUT2D eigenvalue weighted by Crippen LogP contribution is -2.19. The number of nitrogens with zero attached hydrogens (tertiary/aromatic N) is 3. The molecule has 0 aliphatic rings. The fourth-order valence-corrected chi connectivity index (χ4v) is 1.85. The van der Waals surface area contributed by atoms with Gasteiger partial charge in [0, 0.05) is 19.7 Å². The molecule has 1 heterocycles. The van der Waals surface area contributed by atoms with E-state index in [-0.39, 0.29) is 5.75 Å². The van der Waals surface area contributed by atoms with E-state index >= 15 is 0 Å². The van der Waals surface area contributed by atoms with E-state index in [4.69, 9.17) is 4.74 Å². The fraction of sp³-hybridized carbons (Fsp3) is 0.333. The van der Waals surface area contributed by atoms with Gasteiger partial charge in [-0.2, -0.15) is 0 Å². The largest absolute Gasteiger partial charge is 0.436 e. The minimum atomic E-state index is -0.405. The maximum absolute atomic E-state index is 13.7. The van der Waals surface area contributed by atoms with Crippen LogP contribution < -0.4 is 9.64 Å². The standard InChI is InChI=1S/C15H18FN3O/c1-4-7-19(3)14-9-15(18-10-17-14)20-13-8-11(2)5-6-12(13)16/h5-6,8-10H,4,7H2,1-3H3. The van der Waals surface area contributed by atoms with Gasteiger partial charge in [0.25, 0.3) is 0 Å². The van der Waals surface area contributed by atoms with E-state index in [1.165, 1.54) is 12.4 Å². The third-order valence-electron chi connectivity index (χ3n) is 2.88. The molecular formula is C15H18FN3O. The van der Waals surface area contributed by atoms with E-state index in [0.29, 0.717) is 5.88 Å². The molecule has 0 unspecified atom stereocenters. The van der Waals surface area contributed by atoms with Crippen molar-refractivity contribution in [3.63, 3.8) is 0 Å². The van der Waals surface area contributed by atoms with Crippen molar-refractivity contribution in [2.45, 2.75) is 20.3 Å². The number of aromatic nitrogens is 2. The van der Waals surface area contributed by atoms with E-state index in [1.54, 1.807) is 18.2 Å². The Kier molecular flexibility index (Phi) is 4.50. The first kappa shape index (κ1) is 14.2. The van der Waals surface area contributed by atoms with E-state index < -0.39 is 5.82 Å². The van der Waals surface area contributed by atoms with Crippen molar-refractivity contribution in [1.29, 1.82) is 0 Å². The predicted molar refractivity (Wildman–Crippen MR) is 76.8 cm³/mol. The third kappa shape index (κ3) is 3.44. The van der Waals surface area contributed by atoms with E-state index in [0.717, 1.165) is 24.3 Å². The highest BCUT2D eigenvalue weighted by atomic mass is 19.1. The van der Waals surface area contributed by atoms with Crippen molar-refractivity contribution >= 4 is 5.82 Å². The van der Waals surface area contributed by atoms with Crippen molar-refractivity contribution in [2.24, 2.45) is 0 Å². The summed E-state index contributed by atoms with van der Waals surface area (Å²) in [5.74, 6) is 0.859. The number of halogens is 1. The van der Waals surface area contributed by atoms with E-state index in [1.807, 2.05) is 18.9 Å².